The Bertz CT molecular complexity index is 478. The summed E-state index contributed by atoms with van der Waals surface area (Å²) in [6, 6.07) is 0. The molecule has 2 fully saturated rings. The summed E-state index contributed by atoms with van der Waals surface area (Å²) in [4.78, 5) is 0. The van der Waals surface area contributed by atoms with Gasteiger partial charge >= 0.3 is 0 Å². The van der Waals surface area contributed by atoms with Crippen LogP contribution in [-0.2, 0) is 0 Å². The largest absolute Gasteiger partial charge is 0.236 e. The average molecular weight is 351 g/mol. The van der Waals surface area contributed by atoms with E-state index in [4.69, 9.17) is 0 Å². The van der Waals surface area contributed by atoms with Crippen LogP contribution in [0.15, 0.2) is 23.6 Å². The van der Waals surface area contributed by atoms with Gasteiger partial charge in [-0.25, -0.2) is 8.78 Å². The first-order valence-electron chi connectivity index (χ1n) is 10.9. The molecule has 3 rings (SSSR count). The van der Waals surface area contributed by atoms with Crippen LogP contribution < -0.4 is 0 Å². The van der Waals surface area contributed by atoms with Gasteiger partial charge in [0.05, 0.1) is 0 Å². The van der Waals surface area contributed by atoms with Crippen LogP contribution in [0.1, 0.15) is 96.8 Å². The molecule has 1 unspecified atom stereocenters. The van der Waals surface area contributed by atoms with E-state index in [9.17, 15) is 8.78 Å². The van der Waals surface area contributed by atoms with Crippen molar-refractivity contribution in [2.24, 2.45) is 17.8 Å². The summed E-state index contributed by atoms with van der Waals surface area (Å²) in [5.41, 5.74) is -0.638. The van der Waals surface area contributed by atoms with Gasteiger partial charge in [-0.15, -0.1) is 0 Å². The van der Waals surface area contributed by atoms with E-state index in [2.05, 4.69) is 6.92 Å². The molecule has 0 nitrogen and oxygen atoms in total. The molecule has 0 saturated heterocycles. The molecule has 0 amide bonds. The predicted octanol–water partition coefficient (Wildman–Crippen LogP) is 7.85. The Morgan fingerprint density at radius 3 is 2.28 bits per heavy atom. The minimum Gasteiger partial charge on any atom is -0.236 e. The molecule has 2 heteroatoms. The number of unbranched alkanes of at least 4 members (excludes halogenated alkanes) is 2. The fraction of sp³-hybridized carbons (Fsp3) is 0.826. The fourth-order valence-electron chi connectivity index (χ4n) is 5.40. The molecule has 2 saturated carbocycles. The van der Waals surface area contributed by atoms with E-state index in [0.717, 1.165) is 36.7 Å². The highest BCUT2D eigenvalue weighted by molar-refractivity contribution is 5.33. The third kappa shape index (κ3) is 4.74. The van der Waals surface area contributed by atoms with Gasteiger partial charge in [-0.1, -0.05) is 57.9 Å². The van der Waals surface area contributed by atoms with Crippen LogP contribution in [0.2, 0.25) is 0 Å². The Labute approximate surface area is 153 Å². The van der Waals surface area contributed by atoms with E-state index < -0.39 is 11.5 Å². The zero-order valence-electron chi connectivity index (χ0n) is 16.0. The number of hydrogen-bond acceptors (Lipinski definition) is 0. The topological polar surface area (TPSA) is 0 Å². The molecule has 3 aliphatic rings. The summed E-state index contributed by atoms with van der Waals surface area (Å²) >= 11 is 0. The second-order valence-electron chi connectivity index (χ2n) is 8.83. The van der Waals surface area contributed by atoms with E-state index in [1.807, 2.05) is 6.08 Å². The van der Waals surface area contributed by atoms with Crippen molar-refractivity contribution in [2.45, 2.75) is 102 Å². The normalized spacial score (nSPS) is 34.5. The Hall–Kier alpha value is -0.660. The second kappa shape index (κ2) is 8.82. The maximum absolute atomic E-state index is 14.8. The lowest BCUT2D eigenvalue weighted by molar-refractivity contribution is 0.153. The minimum absolute atomic E-state index is 0.247. The molecule has 0 aliphatic heterocycles. The van der Waals surface area contributed by atoms with Crippen LogP contribution in [0.3, 0.4) is 0 Å². The monoisotopic (exact) mass is 350 g/mol. The predicted molar refractivity (Wildman–Crippen MR) is 102 cm³/mol. The highest BCUT2D eigenvalue weighted by Gasteiger charge is 2.38. The van der Waals surface area contributed by atoms with Crippen molar-refractivity contribution in [2.75, 3.05) is 0 Å². The molecular weight excluding hydrogens is 314 g/mol. The minimum atomic E-state index is -1.72. The zero-order valence-corrected chi connectivity index (χ0v) is 16.0. The zero-order chi connectivity index (χ0) is 17.7. The third-order valence-corrected chi connectivity index (χ3v) is 7.12. The summed E-state index contributed by atoms with van der Waals surface area (Å²) in [7, 11) is 0. The summed E-state index contributed by atoms with van der Waals surface area (Å²) < 4.78 is 29.3. The average Bonchev–Trinajstić information content (AvgIpc) is 2.65. The molecule has 142 valence electrons. The Morgan fingerprint density at radius 2 is 1.64 bits per heavy atom. The van der Waals surface area contributed by atoms with Gasteiger partial charge in [0.1, 0.15) is 5.83 Å². The van der Waals surface area contributed by atoms with Gasteiger partial charge in [-0.2, -0.15) is 0 Å². The smallest absolute Gasteiger partial charge is 0.165 e. The first-order chi connectivity index (χ1) is 12.1. The maximum atomic E-state index is 14.8. The Kier molecular flexibility index (Phi) is 6.74. The van der Waals surface area contributed by atoms with Gasteiger partial charge < -0.3 is 0 Å². The quantitative estimate of drug-likeness (QED) is 0.428. The molecule has 0 spiro atoms. The number of alkyl halides is 1. The molecule has 0 radical (unpaired) electrons. The van der Waals surface area contributed by atoms with Gasteiger partial charge in [-0.05, 0) is 67.9 Å². The number of allylic oxidation sites excluding steroid dienone is 4. The first-order valence-corrected chi connectivity index (χ1v) is 10.9. The Morgan fingerprint density at radius 1 is 0.960 bits per heavy atom. The lowest BCUT2D eigenvalue weighted by atomic mass is 9.69. The maximum Gasteiger partial charge on any atom is 0.165 e. The molecule has 0 aromatic heterocycles. The van der Waals surface area contributed by atoms with Crippen LogP contribution in [0, 0.1) is 17.8 Å². The number of hydrogen-bond donors (Lipinski definition) is 0. The summed E-state index contributed by atoms with van der Waals surface area (Å²) in [6.07, 6.45) is 19.0. The fourth-order valence-corrected chi connectivity index (χ4v) is 5.40. The van der Waals surface area contributed by atoms with Crippen LogP contribution in [0.4, 0.5) is 8.78 Å². The summed E-state index contributed by atoms with van der Waals surface area (Å²) in [5, 5.41) is 0. The standard InChI is InChI=1S/C23H36F2/c1-2-3-7-15-23(25)16-14-21(17-22(23)24)20-12-10-19(11-13-20)18-8-5-4-6-9-18/h14,17-20H,2-13,15-16H2,1H3. The van der Waals surface area contributed by atoms with E-state index in [-0.39, 0.29) is 6.42 Å². The lowest BCUT2D eigenvalue weighted by Crippen LogP contribution is -2.28. The summed E-state index contributed by atoms with van der Waals surface area (Å²) in [5.74, 6) is 1.80. The molecule has 3 aliphatic carbocycles. The molecule has 0 aromatic carbocycles. The first kappa shape index (κ1) is 19.1. The molecule has 0 heterocycles. The van der Waals surface area contributed by atoms with E-state index in [1.165, 1.54) is 57.8 Å². The van der Waals surface area contributed by atoms with E-state index in [0.29, 0.717) is 12.3 Å². The van der Waals surface area contributed by atoms with Crippen LogP contribution >= 0.6 is 0 Å². The third-order valence-electron chi connectivity index (χ3n) is 7.12. The van der Waals surface area contributed by atoms with Gasteiger partial charge in [0, 0.05) is 6.42 Å². The van der Waals surface area contributed by atoms with Crippen molar-refractivity contribution in [3.8, 4) is 0 Å². The second-order valence-corrected chi connectivity index (χ2v) is 8.83. The lowest BCUT2D eigenvalue weighted by Gasteiger charge is -2.37. The number of halogens is 2. The van der Waals surface area contributed by atoms with Crippen LogP contribution in [0.5, 0.6) is 0 Å². The van der Waals surface area contributed by atoms with E-state index >= 15 is 0 Å². The van der Waals surface area contributed by atoms with Crippen molar-refractivity contribution >= 4 is 0 Å². The highest BCUT2D eigenvalue weighted by Crippen LogP contribution is 2.45. The van der Waals surface area contributed by atoms with Gasteiger partial charge in [0.15, 0.2) is 5.67 Å². The van der Waals surface area contributed by atoms with Crippen molar-refractivity contribution in [1.82, 2.24) is 0 Å². The van der Waals surface area contributed by atoms with Crippen molar-refractivity contribution in [3.05, 3.63) is 23.6 Å². The summed E-state index contributed by atoms with van der Waals surface area (Å²) in [6.45, 7) is 2.10. The molecule has 0 N–H and O–H groups in total. The van der Waals surface area contributed by atoms with Crippen molar-refractivity contribution in [1.29, 1.82) is 0 Å². The van der Waals surface area contributed by atoms with Gasteiger partial charge in [0.25, 0.3) is 0 Å². The van der Waals surface area contributed by atoms with Gasteiger partial charge in [-0.3, -0.25) is 0 Å². The van der Waals surface area contributed by atoms with E-state index in [1.54, 1.807) is 6.08 Å². The number of rotatable bonds is 6. The molecular formula is C23H36F2. The molecule has 0 aromatic rings. The van der Waals surface area contributed by atoms with Crippen molar-refractivity contribution < 1.29 is 8.78 Å². The van der Waals surface area contributed by atoms with Crippen LogP contribution in [-0.4, -0.2) is 5.67 Å². The molecule has 0 bridgehead atoms. The highest BCUT2D eigenvalue weighted by atomic mass is 19.2. The Balaban J connectivity index is 1.51. The molecule has 1 atom stereocenters. The van der Waals surface area contributed by atoms with Gasteiger partial charge in [0.2, 0.25) is 0 Å². The van der Waals surface area contributed by atoms with Crippen LogP contribution in [0.25, 0.3) is 0 Å². The SMILES string of the molecule is CCCCCC1(F)CC=C(C2CCC(C3CCCCC3)CC2)C=C1F. The molecule has 25 heavy (non-hydrogen) atoms. The van der Waals surface area contributed by atoms with Crippen molar-refractivity contribution in [3.63, 3.8) is 0 Å².